The Morgan fingerprint density at radius 2 is 1.83 bits per heavy atom. The van der Waals surface area contributed by atoms with Crippen LogP contribution in [0.5, 0.6) is 5.75 Å². The van der Waals surface area contributed by atoms with Gasteiger partial charge in [0.15, 0.2) is 0 Å². The van der Waals surface area contributed by atoms with E-state index < -0.39 is 0 Å². The van der Waals surface area contributed by atoms with E-state index in [2.05, 4.69) is 30.2 Å². The first-order valence-electron chi connectivity index (χ1n) is 9.45. The standard InChI is InChI=1S/C23H23N3O2S/c1-5-29-17-7-9-22(28-4)20(11-17)21-14-25(2)23(27)18-8-6-15(10-19(18)21)16-12-24-26(3)13-16/h6-14H,5H2,1-4H3. The number of aromatic nitrogens is 3. The molecule has 5 nitrogen and oxygen atoms in total. The second-order valence-corrected chi connectivity index (χ2v) is 8.25. The number of aryl methyl sites for hydroxylation is 2. The van der Waals surface area contributed by atoms with Gasteiger partial charge in [0.2, 0.25) is 0 Å². The number of ether oxygens (including phenoxy) is 1. The maximum absolute atomic E-state index is 12.8. The van der Waals surface area contributed by atoms with Crippen LogP contribution >= 0.6 is 11.8 Å². The minimum absolute atomic E-state index is 0.0143. The first-order valence-corrected chi connectivity index (χ1v) is 10.4. The largest absolute Gasteiger partial charge is 0.496 e. The molecule has 4 aromatic rings. The molecular weight excluding hydrogens is 382 g/mol. The Balaban J connectivity index is 2.02. The van der Waals surface area contributed by atoms with Crippen LogP contribution in [0.2, 0.25) is 0 Å². The zero-order valence-electron chi connectivity index (χ0n) is 17.0. The summed E-state index contributed by atoms with van der Waals surface area (Å²) in [4.78, 5) is 14.0. The van der Waals surface area contributed by atoms with Crippen molar-refractivity contribution in [3.8, 4) is 28.0 Å². The van der Waals surface area contributed by atoms with Crippen LogP contribution in [0.4, 0.5) is 0 Å². The minimum atomic E-state index is -0.0143. The topological polar surface area (TPSA) is 49.1 Å². The smallest absolute Gasteiger partial charge is 0.258 e. The summed E-state index contributed by atoms with van der Waals surface area (Å²) in [5, 5.41) is 5.87. The second kappa shape index (κ2) is 7.79. The lowest BCUT2D eigenvalue weighted by Crippen LogP contribution is -2.16. The van der Waals surface area contributed by atoms with Gasteiger partial charge in [-0.1, -0.05) is 13.0 Å². The fraction of sp³-hybridized carbons (Fsp3) is 0.217. The van der Waals surface area contributed by atoms with Crippen LogP contribution in [0.3, 0.4) is 0 Å². The van der Waals surface area contributed by atoms with Crippen molar-refractivity contribution in [2.45, 2.75) is 11.8 Å². The second-order valence-electron chi connectivity index (χ2n) is 6.92. The highest BCUT2D eigenvalue weighted by molar-refractivity contribution is 7.99. The number of pyridine rings is 1. The quantitative estimate of drug-likeness (QED) is 0.451. The molecule has 0 aliphatic heterocycles. The molecule has 148 valence electrons. The SMILES string of the molecule is CCSc1ccc(OC)c(-c2cn(C)c(=O)c3ccc(-c4cnn(C)c4)cc23)c1. The first-order chi connectivity index (χ1) is 14.0. The molecule has 0 unspecified atom stereocenters. The maximum Gasteiger partial charge on any atom is 0.258 e. The Morgan fingerprint density at radius 1 is 1.00 bits per heavy atom. The molecule has 0 fully saturated rings. The summed E-state index contributed by atoms with van der Waals surface area (Å²) in [6, 6.07) is 12.2. The van der Waals surface area contributed by atoms with E-state index in [4.69, 9.17) is 4.74 Å². The Kier molecular flexibility index (Phi) is 5.20. The average molecular weight is 406 g/mol. The molecule has 0 saturated heterocycles. The summed E-state index contributed by atoms with van der Waals surface area (Å²) in [7, 11) is 5.36. The highest BCUT2D eigenvalue weighted by Gasteiger charge is 2.15. The van der Waals surface area contributed by atoms with Gasteiger partial charge in [0.1, 0.15) is 5.75 Å². The summed E-state index contributed by atoms with van der Waals surface area (Å²) in [6.45, 7) is 2.14. The van der Waals surface area contributed by atoms with E-state index >= 15 is 0 Å². The third-order valence-electron chi connectivity index (χ3n) is 4.99. The highest BCUT2D eigenvalue weighted by atomic mass is 32.2. The van der Waals surface area contributed by atoms with Gasteiger partial charge in [0.25, 0.3) is 5.56 Å². The van der Waals surface area contributed by atoms with Gasteiger partial charge >= 0.3 is 0 Å². The van der Waals surface area contributed by atoms with Gasteiger partial charge in [-0.25, -0.2) is 0 Å². The molecule has 0 spiro atoms. The molecule has 0 saturated carbocycles. The first kappa shape index (κ1) is 19.3. The van der Waals surface area contributed by atoms with E-state index in [9.17, 15) is 4.79 Å². The van der Waals surface area contributed by atoms with E-state index in [1.165, 1.54) is 4.90 Å². The Hall–Kier alpha value is -2.99. The molecule has 6 heteroatoms. The van der Waals surface area contributed by atoms with E-state index in [1.54, 1.807) is 35.2 Å². The van der Waals surface area contributed by atoms with Crippen molar-refractivity contribution >= 4 is 22.5 Å². The van der Waals surface area contributed by atoms with Crippen molar-refractivity contribution in [1.29, 1.82) is 0 Å². The van der Waals surface area contributed by atoms with Crippen LogP contribution in [0.1, 0.15) is 6.92 Å². The third kappa shape index (κ3) is 3.56. The number of hydrogen-bond donors (Lipinski definition) is 0. The number of rotatable bonds is 5. The lowest BCUT2D eigenvalue weighted by Gasteiger charge is -2.15. The molecule has 0 radical (unpaired) electrons. The van der Waals surface area contributed by atoms with Crippen molar-refractivity contribution in [2.75, 3.05) is 12.9 Å². The summed E-state index contributed by atoms with van der Waals surface area (Å²) >= 11 is 1.78. The van der Waals surface area contributed by atoms with E-state index in [0.717, 1.165) is 39.1 Å². The van der Waals surface area contributed by atoms with Gasteiger partial charge in [-0.3, -0.25) is 9.48 Å². The van der Waals surface area contributed by atoms with Crippen molar-refractivity contribution in [1.82, 2.24) is 14.3 Å². The summed E-state index contributed by atoms with van der Waals surface area (Å²) in [5.41, 5.74) is 3.99. The molecule has 29 heavy (non-hydrogen) atoms. The molecule has 0 N–H and O–H groups in total. The fourth-order valence-corrected chi connectivity index (χ4v) is 4.28. The molecule has 4 rings (SSSR count). The van der Waals surface area contributed by atoms with Gasteiger partial charge in [0, 0.05) is 53.5 Å². The molecule has 0 amide bonds. The van der Waals surface area contributed by atoms with Crippen molar-refractivity contribution in [3.05, 3.63) is 65.3 Å². The van der Waals surface area contributed by atoms with Crippen molar-refractivity contribution in [3.63, 3.8) is 0 Å². The molecule has 0 bridgehead atoms. The van der Waals surface area contributed by atoms with E-state index in [1.807, 2.05) is 43.8 Å². The van der Waals surface area contributed by atoms with E-state index in [-0.39, 0.29) is 5.56 Å². The lowest BCUT2D eigenvalue weighted by atomic mass is 9.97. The fourth-order valence-electron chi connectivity index (χ4n) is 3.58. The Labute approximate surface area is 173 Å². The molecule has 0 aliphatic carbocycles. The van der Waals surface area contributed by atoms with Gasteiger partial charge in [-0.15, -0.1) is 11.8 Å². The number of hydrogen-bond acceptors (Lipinski definition) is 4. The summed E-state index contributed by atoms with van der Waals surface area (Å²) in [5.74, 6) is 1.78. The number of fused-ring (bicyclic) bond motifs is 1. The molecule has 2 aromatic carbocycles. The average Bonchev–Trinajstić information content (AvgIpc) is 3.17. The predicted molar refractivity (Wildman–Crippen MR) is 120 cm³/mol. The molecule has 0 atom stereocenters. The maximum atomic E-state index is 12.8. The number of thioether (sulfide) groups is 1. The monoisotopic (exact) mass is 405 g/mol. The molecular formula is C23H23N3O2S. The molecule has 2 heterocycles. The van der Waals surface area contributed by atoms with Crippen LogP contribution < -0.4 is 10.3 Å². The zero-order chi connectivity index (χ0) is 20.5. The van der Waals surface area contributed by atoms with Crippen LogP contribution in [0, 0.1) is 0 Å². The molecule has 0 aliphatic rings. The summed E-state index contributed by atoms with van der Waals surface area (Å²) < 4.78 is 9.08. The summed E-state index contributed by atoms with van der Waals surface area (Å²) in [6.07, 6.45) is 5.71. The normalized spacial score (nSPS) is 11.2. The van der Waals surface area contributed by atoms with Crippen molar-refractivity contribution in [2.24, 2.45) is 14.1 Å². The Morgan fingerprint density at radius 3 is 2.52 bits per heavy atom. The van der Waals surface area contributed by atoms with Crippen LogP contribution in [-0.2, 0) is 14.1 Å². The lowest BCUT2D eigenvalue weighted by molar-refractivity contribution is 0.416. The highest BCUT2D eigenvalue weighted by Crippen LogP contribution is 2.38. The third-order valence-corrected chi connectivity index (χ3v) is 5.87. The van der Waals surface area contributed by atoms with Crippen molar-refractivity contribution < 1.29 is 4.74 Å². The zero-order valence-corrected chi connectivity index (χ0v) is 17.8. The van der Waals surface area contributed by atoms with Gasteiger partial charge < -0.3 is 9.30 Å². The van der Waals surface area contributed by atoms with E-state index in [0.29, 0.717) is 5.39 Å². The van der Waals surface area contributed by atoms with Gasteiger partial charge in [-0.2, -0.15) is 5.10 Å². The van der Waals surface area contributed by atoms with Crippen LogP contribution in [0.15, 0.2) is 64.7 Å². The Bertz CT molecular complexity index is 1260. The van der Waals surface area contributed by atoms with Crippen LogP contribution in [0.25, 0.3) is 33.0 Å². The molecule has 2 aromatic heterocycles. The minimum Gasteiger partial charge on any atom is -0.496 e. The van der Waals surface area contributed by atoms with Crippen LogP contribution in [-0.4, -0.2) is 27.2 Å². The predicted octanol–water partition coefficient (Wildman–Crippen LogP) is 4.73. The van der Waals surface area contributed by atoms with Gasteiger partial charge in [-0.05, 0) is 47.0 Å². The van der Waals surface area contributed by atoms with Gasteiger partial charge in [0.05, 0.1) is 13.3 Å². The number of benzene rings is 2. The number of nitrogens with zero attached hydrogens (tertiary/aromatic N) is 3. The number of methoxy groups -OCH3 is 1.